The molecule has 0 aromatic carbocycles. The Kier molecular flexibility index (Phi) is 3.29. The number of hydrogen-bond donors (Lipinski definition) is 1. The van der Waals surface area contributed by atoms with Gasteiger partial charge in [0.15, 0.2) is 0 Å². The van der Waals surface area contributed by atoms with E-state index in [0.717, 1.165) is 13.0 Å². The fraction of sp³-hybridized carbons (Fsp3) is 0.917. The number of nitrogens with zero attached hydrogens (tertiary/aromatic N) is 1. The van der Waals surface area contributed by atoms with Crippen LogP contribution in [0.25, 0.3) is 0 Å². The number of aliphatic carboxylic acids is 1. The number of carboxylic acid groups (broad SMARTS) is 1. The number of likely N-dealkylation sites (tertiary alicyclic amines) is 1. The first-order valence-corrected chi connectivity index (χ1v) is 6.14. The van der Waals surface area contributed by atoms with E-state index in [1.165, 1.54) is 45.2 Å². The first-order valence-electron chi connectivity index (χ1n) is 6.14. The lowest BCUT2D eigenvalue weighted by Crippen LogP contribution is -2.57. The van der Waals surface area contributed by atoms with Gasteiger partial charge in [-0.3, -0.25) is 4.79 Å². The van der Waals surface area contributed by atoms with E-state index >= 15 is 0 Å². The number of carbonyl (C=O) groups is 1. The van der Waals surface area contributed by atoms with Crippen LogP contribution in [0.3, 0.4) is 0 Å². The molecule has 2 rings (SSSR count). The fourth-order valence-electron chi connectivity index (χ4n) is 3.13. The van der Waals surface area contributed by atoms with E-state index in [0.29, 0.717) is 11.8 Å². The maximum absolute atomic E-state index is 10.4. The van der Waals surface area contributed by atoms with Crippen LogP contribution in [0.4, 0.5) is 0 Å². The summed E-state index contributed by atoms with van der Waals surface area (Å²) in [7, 11) is 0. The molecule has 0 aromatic heterocycles. The summed E-state index contributed by atoms with van der Waals surface area (Å²) in [6, 6.07) is 0. The van der Waals surface area contributed by atoms with E-state index in [2.05, 4.69) is 4.90 Å². The number of carboxylic acids is 1. The summed E-state index contributed by atoms with van der Waals surface area (Å²) >= 11 is 0. The molecular formula is C12H21NO2. The third-order valence-electron chi connectivity index (χ3n) is 3.90. The van der Waals surface area contributed by atoms with Gasteiger partial charge < -0.3 is 10.0 Å². The van der Waals surface area contributed by atoms with Gasteiger partial charge in [0.2, 0.25) is 0 Å². The lowest BCUT2D eigenvalue weighted by atomic mass is 9.68. The van der Waals surface area contributed by atoms with Crippen LogP contribution >= 0.6 is 0 Å². The third kappa shape index (κ3) is 2.71. The SMILES string of the molecule is O=C(O)CCCN1CC2(CCCCC2)C1. The van der Waals surface area contributed by atoms with Crippen molar-refractivity contribution in [3.63, 3.8) is 0 Å². The summed E-state index contributed by atoms with van der Waals surface area (Å²) in [5, 5.41) is 8.54. The van der Waals surface area contributed by atoms with E-state index < -0.39 is 5.97 Å². The molecule has 0 atom stereocenters. The van der Waals surface area contributed by atoms with Crippen molar-refractivity contribution < 1.29 is 9.90 Å². The molecule has 0 amide bonds. The minimum Gasteiger partial charge on any atom is -0.481 e. The fourth-order valence-corrected chi connectivity index (χ4v) is 3.13. The zero-order valence-electron chi connectivity index (χ0n) is 9.37. The van der Waals surface area contributed by atoms with Gasteiger partial charge in [-0.1, -0.05) is 19.3 Å². The van der Waals surface area contributed by atoms with E-state index in [1.807, 2.05) is 0 Å². The molecule has 1 aliphatic heterocycles. The predicted molar refractivity (Wildman–Crippen MR) is 58.8 cm³/mol. The predicted octanol–water partition coefficient (Wildman–Crippen LogP) is 2.12. The lowest BCUT2D eigenvalue weighted by molar-refractivity contribution is -0.137. The van der Waals surface area contributed by atoms with Gasteiger partial charge in [-0.15, -0.1) is 0 Å². The molecule has 1 saturated heterocycles. The molecule has 2 fully saturated rings. The van der Waals surface area contributed by atoms with Crippen molar-refractivity contribution >= 4 is 5.97 Å². The van der Waals surface area contributed by atoms with E-state index in [4.69, 9.17) is 5.11 Å². The molecule has 86 valence electrons. The topological polar surface area (TPSA) is 40.5 Å². The minimum absolute atomic E-state index is 0.323. The monoisotopic (exact) mass is 211 g/mol. The Labute approximate surface area is 91.5 Å². The van der Waals surface area contributed by atoms with Crippen LogP contribution < -0.4 is 0 Å². The van der Waals surface area contributed by atoms with E-state index in [1.54, 1.807) is 0 Å². The first-order chi connectivity index (χ1) is 7.20. The number of rotatable bonds is 4. The van der Waals surface area contributed by atoms with Crippen molar-refractivity contribution in [2.24, 2.45) is 5.41 Å². The molecule has 1 N–H and O–H groups in total. The summed E-state index contributed by atoms with van der Waals surface area (Å²) in [4.78, 5) is 12.8. The highest BCUT2D eigenvalue weighted by Crippen LogP contribution is 2.43. The normalized spacial score (nSPS) is 25.1. The highest BCUT2D eigenvalue weighted by molar-refractivity contribution is 5.66. The Bertz CT molecular complexity index is 226. The van der Waals surface area contributed by atoms with Gasteiger partial charge in [-0.05, 0) is 31.2 Å². The van der Waals surface area contributed by atoms with Crippen molar-refractivity contribution in [2.75, 3.05) is 19.6 Å². The first kappa shape index (κ1) is 10.9. The molecule has 1 saturated carbocycles. The second kappa shape index (κ2) is 4.52. The Morgan fingerprint density at radius 1 is 1.20 bits per heavy atom. The van der Waals surface area contributed by atoms with Gasteiger partial charge in [-0.25, -0.2) is 0 Å². The van der Waals surface area contributed by atoms with Crippen LogP contribution in [0, 0.1) is 5.41 Å². The lowest BCUT2D eigenvalue weighted by Gasteiger charge is -2.52. The van der Waals surface area contributed by atoms with Crippen molar-refractivity contribution in [1.82, 2.24) is 4.90 Å². The van der Waals surface area contributed by atoms with Crippen molar-refractivity contribution in [3.8, 4) is 0 Å². The van der Waals surface area contributed by atoms with E-state index in [-0.39, 0.29) is 0 Å². The quantitative estimate of drug-likeness (QED) is 0.774. The Morgan fingerprint density at radius 3 is 2.47 bits per heavy atom. The van der Waals surface area contributed by atoms with Gasteiger partial charge in [0, 0.05) is 19.5 Å². The molecule has 3 nitrogen and oxygen atoms in total. The molecule has 3 heteroatoms. The van der Waals surface area contributed by atoms with Crippen LogP contribution in [-0.4, -0.2) is 35.6 Å². The largest absolute Gasteiger partial charge is 0.481 e. The average Bonchev–Trinajstić information content (AvgIpc) is 2.16. The van der Waals surface area contributed by atoms with Gasteiger partial charge in [0.05, 0.1) is 0 Å². The highest BCUT2D eigenvalue weighted by atomic mass is 16.4. The Balaban J connectivity index is 1.62. The second-order valence-electron chi connectivity index (χ2n) is 5.27. The van der Waals surface area contributed by atoms with Crippen LogP contribution in [0.1, 0.15) is 44.9 Å². The van der Waals surface area contributed by atoms with Crippen LogP contribution in [-0.2, 0) is 4.79 Å². The van der Waals surface area contributed by atoms with Crippen LogP contribution in [0.5, 0.6) is 0 Å². The zero-order chi connectivity index (χ0) is 10.7. The van der Waals surface area contributed by atoms with Gasteiger partial charge >= 0.3 is 5.97 Å². The molecule has 2 aliphatic rings. The summed E-state index contributed by atoms with van der Waals surface area (Å²) in [6.45, 7) is 3.44. The van der Waals surface area contributed by atoms with Crippen molar-refractivity contribution in [3.05, 3.63) is 0 Å². The molecule has 0 unspecified atom stereocenters. The molecule has 1 heterocycles. The summed E-state index contributed by atoms with van der Waals surface area (Å²) in [5.41, 5.74) is 0.640. The Morgan fingerprint density at radius 2 is 1.87 bits per heavy atom. The number of hydrogen-bond acceptors (Lipinski definition) is 2. The summed E-state index contributed by atoms with van der Waals surface area (Å²) in [6.07, 6.45) is 8.17. The molecule has 15 heavy (non-hydrogen) atoms. The van der Waals surface area contributed by atoms with Gasteiger partial charge in [0.1, 0.15) is 0 Å². The van der Waals surface area contributed by atoms with Crippen LogP contribution in [0.2, 0.25) is 0 Å². The molecule has 1 aliphatic carbocycles. The van der Waals surface area contributed by atoms with Crippen molar-refractivity contribution in [1.29, 1.82) is 0 Å². The van der Waals surface area contributed by atoms with Gasteiger partial charge in [0.25, 0.3) is 0 Å². The summed E-state index contributed by atoms with van der Waals surface area (Å²) in [5.74, 6) is -0.664. The summed E-state index contributed by atoms with van der Waals surface area (Å²) < 4.78 is 0. The minimum atomic E-state index is -0.664. The molecule has 1 spiro atoms. The smallest absolute Gasteiger partial charge is 0.303 e. The molecule has 0 bridgehead atoms. The average molecular weight is 211 g/mol. The molecule has 0 aromatic rings. The standard InChI is InChI=1S/C12H21NO2/c14-11(15)5-4-8-13-9-12(10-13)6-2-1-3-7-12/h1-10H2,(H,14,15). The highest BCUT2D eigenvalue weighted by Gasteiger charge is 2.42. The van der Waals surface area contributed by atoms with Crippen LogP contribution in [0.15, 0.2) is 0 Å². The molecular weight excluding hydrogens is 190 g/mol. The van der Waals surface area contributed by atoms with Gasteiger partial charge in [-0.2, -0.15) is 0 Å². The van der Waals surface area contributed by atoms with Crippen molar-refractivity contribution in [2.45, 2.75) is 44.9 Å². The second-order valence-corrected chi connectivity index (χ2v) is 5.27. The Hall–Kier alpha value is -0.570. The van der Waals surface area contributed by atoms with E-state index in [9.17, 15) is 4.79 Å². The zero-order valence-corrected chi connectivity index (χ0v) is 9.37. The maximum atomic E-state index is 10.4. The maximum Gasteiger partial charge on any atom is 0.303 e. The molecule has 0 radical (unpaired) electrons. The third-order valence-corrected chi connectivity index (χ3v) is 3.90.